The first-order chi connectivity index (χ1) is 14.2. The molecule has 1 aliphatic rings. The van der Waals surface area contributed by atoms with Crippen molar-refractivity contribution in [2.75, 3.05) is 13.7 Å². The molecule has 0 saturated heterocycles. The van der Waals surface area contributed by atoms with Crippen molar-refractivity contribution in [1.82, 2.24) is 15.6 Å². The summed E-state index contributed by atoms with van der Waals surface area (Å²) in [5.41, 5.74) is 2.93. The van der Waals surface area contributed by atoms with Gasteiger partial charge in [-0.2, -0.15) is 0 Å². The van der Waals surface area contributed by atoms with Crippen LogP contribution in [0.25, 0.3) is 0 Å². The molecular weight excluding hydrogens is 366 g/mol. The molecule has 1 aromatic heterocycles. The fraction of sp³-hybridized carbons (Fsp3) is 0.348. The lowest BCUT2D eigenvalue weighted by atomic mass is 9.97. The van der Waals surface area contributed by atoms with Gasteiger partial charge in [-0.1, -0.05) is 29.8 Å². The molecule has 2 aromatic rings. The average Bonchev–Trinajstić information content (AvgIpc) is 2.78. The second-order valence-electron chi connectivity index (χ2n) is 7.04. The SMILES string of the molecule is COc1ccccc1CNC(=O)c1ccnc(C(=O)NCCC2=CCCCC2)c1. The maximum Gasteiger partial charge on any atom is 0.269 e. The van der Waals surface area contributed by atoms with Crippen LogP contribution < -0.4 is 15.4 Å². The topological polar surface area (TPSA) is 80.3 Å². The number of methoxy groups -OCH3 is 1. The number of benzene rings is 1. The van der Waals surface area contributed by atoms with Gasteiger partial charge < -0.3 is 15.4 Å². The molecule has 6 nitrogen and oxygen atoms in total. The van der Waals surface area contributed by atoms with Crippen LogP contribution in [0.4, 0.5) is 0 Å². The zero-order valence-electron chi connectivity index (χ0n) is 16.7. The quantitative estimate of drug-likeness (QED) is 0.671. The van der Waals surface area contributed by atoms with Crippen molar-refractivity contribution in [3.8, 4) is 5.75 Å². The van der Waals surface area contributed by atoms with Crippen molar-refractivity contribution in [3.63, 3.8) is 0 Å². The van der Waals surface area contributed by atoms with E-state index in [2.05, 4.69) is 21.7 Å². The Morgan fingerprint density at radius 1 is 1.10 bits per heavy atom. The van der Waals surface area contributed by atoms with E-state index in [1.807, 2.05) is 24.3 Å². The molecule has 0 unspecified atom stereocenters. The van der Waals surface area contributed by atoms with E-state index in [0.29, 0.717) is 18.7 Å². The average molecular weight is 393 g/mol. The van der Waals surface area contributed by atoms with Gasteiger partial charge in [0.2, 0.25) is 0 Å². The van der Waals surface area contributed by atoms with Crippen LogP contribution in [0.15, 0.2) is 54.2 Å². The van der Waals surface area contributed by atoms with Gasteiger partial charge in [0.25, 0.3) is 11.8 Å². The highest BCUT2D eigenvalue weighted by atomic mass is 16.5. The first kappa shape index (κ1) is 20.6. The standard InChI is InChI=1S/C23H27N3O3/c1-29-21-10-6-5-9-19(21)16-26-22(27)18-12-14-24-20(15-18)23(28)25-13-11-17-7-3-2-4-8-17/h5-7,9-10,12,14-15H,2-4,8,11,13,16H2,1H3,(H,25,28)(H,26,27). The summed E-state index contributed by atoms with van der Waals surface area (Å²) >= 11 is 0. The van der Waals surface area contributed by atoms with Crippen LogP contribution >= 0.6 is 0 Å². The third-order valence-electron chi connectivity index (χ3n) is 5.00. The van der Waals surface area contributed by atoms with Crippen LogP contribution in [-0.2, 0) is 6.54 Å². The van der Waals surface area contributed by atoms with Gasteiger partial charge in [-0.25, -0.2) is 0 Å². The molecule has 0 bridgehead atoms. The Balaban J connectivity index is 1.54. The van der Waals surface area contributed by atoms with Crippen molar-refractivity contribution >= 4 is 11.8 Å². The van der Waals surface area contributed by atoms with E-state index in [9.17, 15) is 9.59 Å². The lowest BCUT2D eigenvalue weighted by molar-refractivity contribution is 0.0949. The summed E-state index contributed by atoms with van der Waals surface area (Å²) < 4.78 is 5.30. The molecule has 2 amide bonds. The zero-order chi connectivity index (χ0) is 20.5. The van der Waals surface area contributed by atoms with E-state index in [4.69, 9.17) is 4.74 Å². The number of carbonyl (C=O) groups is 2. The van der Waals surface area contributed by atoms with Crippen LogP contribution in [0.3, 0.4) is 0 Å². The number of hydrogen-bond donors (Lipinski definition) is 2. The number of nitrogens with one attached hydrogen (secondary N) is 2. The minimum atomic E-state index is -0.264. The molecular formula is C23H27N3O3. The molecule has 152 valence electrons. The molecule has 3 rings (SSSR count). The van der Waals surface area contributed by atoms with Gasteiger partial charge in [-0.3, -0.25) is 14.6 Å². The Bertz CT molecular complexity index is 892. The number of nitrogens with zero attached hydrogens (tertiary/aromatic N) is 1. The first-order valence-corrected chi connectivity index (χ1v) is 9.99. The Morgan fingerprint density at radius 2 is 1.97 bits per heavy atom. The van der Waals surface area contributed by atoms with Gasteiger partial charge in [0.15, 0.2) is 0 Å². The largest absolute Gasteiger partial charge is 0.496 e. The maximum atomic E-state index is 12.5. The normalized spacial score (nSPS) is 13.3. The minimum absolute atomic E-state index is 0.243. The van der Waals surface area contributed by atoms with Gasteiger partial charge in [-0.15, -0.1) is 0 Å². The van der Waals surface area contributed by atoms with Crippen LogP contribution in [-0.4, -0.2) is 30.5 Å². The Morgan fingerprint density at radius 3 is 2.76 bits per heavy atom. The number of aromatic nitrogens is 1. The highest BCUT2D eigenvalue weighted by Gasteiger charge is 2.13. The highest BCUT2D eigenvalue weighted by molar-refractivity contribution is 5.98. The molecule has 6 heteroatoms. The summed E-state index contributed by atoms with van der Waals surface area (Å²) in [6.07, 6.45) is 9.37. The predicted octanol–water partition coefficient (Wildman–Crippen LogP) is 3.64. The van der Waals surface area contributed by atoms with E-state index in [-0.39, 0.29) is 17.5 Å². The highest BCUT2D eigenvalue weighted by Crippen LogP contribution is 2.19. The molecule has 0 spiro atoms. The third-order valence-corrected chi connectivity index (χ3v) is 5.00. The van der Waals surface area contributed by atoms with Crippen molar-refractivity contribution in [3.05, 3.63) is 71.1 Å². The smallest absolute Gasteiger partial charge is 0.269 e. The van der Waals surface area contributed by atoms with Gasteiger partial charge in [0, 0.05) is 30.4 Å². The van der Waals surface area contributed by atoms with Crippen LogP contribution in [0.2, 0.25) is 0 Å². The molecule has 1 heterocycles. The molecule has 29 heavy (non-hydrogen) atoms. The number of para-hydroxylation sites is 1. The molecule has 0 atom stereocenters. The molecule has 1 aromatic carbocycles. The Hall–Kier alpha value is -3.15. The summed E-state index contributed by atoms with van der Waals surface area (Å²) in [6.45, 7) is 0.915. The number of amides is 2. The van der Waals surface area contributed by atoms with E-state index in [1.54, 1.807) is 13.2 Å². The number of carbonyl (C=O) groups excluding carboxylic acids is 2. The monoisotopic (exact) mass is 393 g/mol. The summed E-state index contributed by atoms with van der Waals surface area (Å²) in [5, 5.41) is 5.75. The van der Waals surface area contributed by atoms with Crippen molar-refractivity contribution < 1.29 is 14.3 Å². The number of allylic oxidation sites excluding steroid dienone is 1. The van der Waals surface area contributed by atoms with Crippen molar-refractivity contribution in [1.29, 1.82) is 0 Å². The summed E-state index contributed by atoms with van der Waals surface area (Å²) in [4.78, 5) is 29.0. The molecule has 1 aliphatic carbocycles. The van der Waals surface area contributed by atoms with E-state index < -0.39 is 0 Å². The number of rotatable bonds is 8. The Kier molecular flexibility index (Phi) is 7.39. The lowest BCUT2D eigenvalue weighted by Crippen LogP contribution is -2.27. The summed E-state index contributed by atoms with van der Waals surface area (Å²) in [7, 11) is 1.60. The lowest BCUT2D eigenvalue weighted by Gasteiger charge is -2.13. The molecule has 2 N–H and O–H groups in total. The zero-order valence-corrected chi connectivity index (χ0v) is 16.7. The molecule has 0 radical (unpaired) electrons. The number of ether oxygens (including phenoxy) is 1. The predicted molar refractivity (Wildman–Crippen MR) is 112 cm³/mol. The fourth-order valence-electron chi connectivity index (χ4n) is 3.38. The number of hydrogen-bond acceptors (Lipinski definition) is 4. The van der Waals surface area contributed by atoms with Crippen molar-refractivity contribution in [2.45, 2.75) is 38.6 Å². The summed E-state index contributed by atoms with van der Waals surface area (Å²) in [6, 6.07) is 10.6. The third kappa shape index (κ3) is 5.91. The molecule has 0 saturated carbocycles. The number of pyridine rings is 1. The van der Waals surface area contributed by atoms with E-state index >= 15 is 0 Å². The second-order valence-corrected chi connectivity index (χ2v) is 7.04. The van der Waals surface area contributed by atoms with Crippen LogP contribution in [0.1, 0.15) is 58.5 Å². The van der Waals surface area contributed by atoms with Crippen molar-refractivity contribution in [2.24, 2.45) is 0 Å². The molecule has 0 aliphatic heterocycles. The van der Waals surface area contributed by atoms with E-state index in [0.717, 1.165) is 30.6 Å². The van der Waals surface area contributed by atoms with Gasteiger partial charge in [0.05, 0.1) is 7.11 Å². The first-order valence-electron chi connectivity index (χ1n) is 9.99. The maximum absolute atomic E-state index is 12.5. The van der Waals surface area contributed by atoms with Gasteiger partial charge in [0.1, 0.15) is 11.4 Å². The van der Waals surface area contributed by atoms with Crippen LogP contribution in [0.5, 0.6) is 5.75 Å². The fourth-order valence-corrected chi connectivity index (χ4v) is 3.38. The van der Waals surface area contributed by atoms with E-state index in [1.165, 1.54) is 30.7 Å². The van der Waals surface area contributed by atoms with Gasteiger partial charge in [-0.05, 0) is 50.3 Å². The molecule has 0 fully saturated rings. The van der Waals surface area contributed by atoms with Gasteiger partial charge >= 0.3 is 0 Å². The second kappa shape index (κ2) is 10.4. The van der Waals surface area contributed by atoms with Crippen LogP contribution in [0, 0.1) is 0 Å². The Labute approximate surface area is 171 Å². The summed E-state index contributed by atoms with van der Waals surface area (Å²) in [5.74, 6) is 0.191. The minimum Gasteiger partial charge on any atom is -0.496 e.